The van der Waals surface area contributed by atoms with Crippen molar-refractivity contribution in [1.82, 2.24) is 5.32 Å². The van der Waals surface area contributed by atoms with Gasteiger partial charge < -0.3 is 5.32 Å². The maximum atomic E-state index is 3.69. The average Bonchev–Trinajstić information content (AvgIpc) is 2.62. The van der Waals surface area contributed by atoms with Gasteiger partial charge in [0.15, 0.2) is 0 Å². The Morgan fingerprint density at radius 3 is 2.59 bits per heavy atom. The minimum atomic E-state index is 0.500. The van der Waals surface area contributed by atoms with Crippen LogP contribution in [0.4, 0.5) is 0 Å². The summed E-state index contributed by atoms with van der Waals surface area (Å²) in [4.78, 5) is 2.85. The number of hydrogen-bond donors (Lipinski definition) is 1. The predicted octanol–water partition coefficient (Wildman–Crippen LogP) is 5.30. The monoisotopic (exact) mass is 317 g/mol. The Morgan fingerprint density at radius 1 is 1.41 bits per heavy atom. The molecule has 1 aromatic heterocycles. The molecule has 0 amide bonds. The summed E-state index contributed by atoms with van der Waals surface area (Å²) in [6.07, 6.45) is 3.91. The van der Waals surface area contributed by atoms with E-state index in [2.05, 4.69) is 55.0 Å². The molecular formula is C14H24BrNS. The number of nitrogens with one attached hydrogen (secondary N) is 1. The number of aryl methyl sites for hydroxylation is 1. The Hall–Kier alpha value is 0.140. The summed E-state index contributed by atoms with van der Waals surface area (Å²) < 4.78 is 1.27. The summed E-state index contributed by atoms with van der Waals surface area (Å²) in [6, 6.07) is 2.73. The molecule has 2 unspecified atom stereocenters. The molecule has 1 rings (SSSR count). The fourth-order valence-corrected chi connectivity index (χ4v) is 4.29. The van der Waals surface area contributed by atoms with Gasteiger partial charge in [0.05, 0.1) is 0 Å². The summed E-state index contributed by atoms with van der Waals surface area (Å²) in [5.41, 5.74) is 0. The van der Waals surface area contributed by atoms with Gasteiger partial charge in [0.25, 0.3) is 0 Å². The van der Waals surface area contributed by atoms with Crippen molar-refractivity contribution in [2.75, 3.05) is 6.54 Å². The lowest BCUT2D eigenvalue weighted by molar-refractivity contribution is 0.367. The molecule has 0 saturated heterocycles. The van der Waals surface area contributed by atoms with Crippen molar-refractivity contribution in [3.05, 3.63) is 20.3 Å². The number of rotatable bonds is 7. The maximum Gasteiger partial charge on any atom is 0.0452 e. The van der Waals surface area contributed by atoms with Gasteiger partial charge in [0.2, 0.25) is 0 Å². The second-order valence-electron chi connectivity index (χ2n) is 4.72. The Balaban J connectivity index is 2.80. The van der Waals surface area contributed by atoms with Crippen molar-refractivity contribution in [1.29, 1.82) is 0 Å². The molecule has 1 N–H and O–H groups in total. The molecule has 0 aromatic carbocycles. The zero-order valence-electron chi connectivity index (χ0n) is 11.3. The van der Waals surface area contributed by atoms with Gasteiger partial charge in [-0.15, -0.1) is 11.3 Å². The second-order valence-corrected chi connectivity index (χ2v) is 6.87. The Kier molecular flexibility index (Phi) is 6.75. The standard InChI is InChI=1S/C14H24BrNS/c1-5-7-8-10(3)13(16-6-2)14-12(15)9-11(4)17-14/h9-10,13,16H,5-8H2,1-4H3. The molecule has 0 bridgehead atoms. The lowest BCUT2D eigenvalue weighted by Crippen LogP contribution is -2.26. The largest absolute Gasteiger partial charge is 0.309 e. The third-order valence-corrected chi connectivity index (χ3v) is 5.18. The molecule has 17 heavy (non-hydrogen) atoms. The maximum absolute atomic E-state index is 3.69. The van der Waals surface area contributed by atoms with Crippen LogP contribution in [0.15, 0.2) is 10.5 Å². The zero-order valence-corrected chi connectivity index (χ0v) is 13.7. The highest BCUT2D eigenvalue weighted by atomic mass is 79.9. The molecule has 2 atom stereocenters. The highest BCUT2D eigenvalue weighted by Crippen LogP contribution is 2.37. The molecule has 3 heteroatoms. The van der Waals surface area contributed by atoms with E-state index < -0.39 is 0 Å². The molecule has 1 nitrogen and oxygen atoms in total. The second kappa shape index (κ2) is 7.55. The van der Waals surface area contributed by atoms with Gasteiger partial charge in [-0.25, -0.2) is 0 Å². The first-order valence-electron chi connectivity index (χ1n) is 6.59. The minimum absolute atomic E-state index is 0.500. The Labute approximate surface area is 118 Å². The van der Waals surface area contributed by atoms with E-state index in [1.165, 1.54) is 33.5 Å². The summed E-state index contributed by atoms with van der Waals surface area (Å²) in [7, 11) is 0. The predicted molar refractivity (Wildman–Crippen MR) is 81.9 cm³/mol. The van der Waals surface area contributed by atoms with Gasteiger partial charge in [0.1, 0.15) is 0 Å². The van der Waals surface area contributed by atoms with Crippen molar-refractivity contribution in [3.63, 3.8) is 0 Å². The molecule has 0 aliphatic rings. The minimum Gasteiger partial charge on any atom is -0.309 e. The van der Waals surface area contributed by atoms with E-state index in [0.29, 0.717) is 12.0 Å². The van der Waals surface area contributed by atoms with E-state index in [9.17, 15) is 0 Å². The smallest absolute Gasteiger partial charge is 0.0452 e. The number of thiophene rings is 1. The van der Waals surface area contributed by atoms with Crippen molar-refractivity contribution in [2.45, 2.75) is 53.0 Å². The van der Waals surface area contributed by atoms with Crippen LogP contribution < -0.4 is 5.32 Å². The Morgan fingerprint density at radius 2 is 2.12 bits per heavy atom. The molecule has 0 radical (unpaired) electrons. The van der Waals surface area contributed by atoms with E-state index in [1.807, 2.05) is 11.3 Å². The van der Waals surface area contributed by atoms with Gasteiger partial charge in [-0.05, 0) is 47.8 Å². The molecule has 1 heterocycles. The highest BCUT2D eigenvalue weighted by molar-refractivity contribution is 9.10. The lowest BCUT2D eigenvalue weighted by Gasteiger charge is -2.24. The summed E-state index contributed by atoms with van der Waals surface area (Å²) >= 11 is 5.61. The molecular weight excluding hydrogens is 294 g/mol. The number of hydrogen-bond acceptors (Lipinski definition) is 2. The summed E-state index contributed by atoms with van der Waals surface area (Å²) in [5.74, 6) is 0.698. The zero-order chi connectivity index (χ0) is 12.8. The SMILES string of the molecule is CCCCC(C)C(NCC)c1sc(C)cc1Br. The van der Waals surface area contributed by atoms with Crippen molar-refractivity contribution < 1.29 is 0 Å². The topological polar surface area (TPSA) is 12.0 Å². The van der Waals surface area contributed by atoms with E-state index in [0.717, 1.165) is 6.54 Å². The van der Waals surface area contributed by atoms with Crippen LogP contribution >= 0.6 is 27.3 Å². The van der Waals surface area contributed by atoms with Crippen molar-refractivity contribution in [3.8, 4) is 0 Å². The van der Waals surface area contributed by atoms with Crippen LogP contribution in [-0.4, -0.2) is 6.54 Å². The third kappa shape index (κ3) is 4.38. The first-order valence-corrected chi connectivity index (χ1v) is 8.20. The molecule has 0 fully saturated rings. The van der Waals surface area contributed by atoms with Crippen LogP contribution in [-0.2, 0) is 0 Å². The Bertz CT molecular complexity index is 335. The van der Waals surface area contributed by atoms with E-state index in [4.69, 9.17) is 0 Å². The van der Waals surface area contributed by atoms with Crippen molar-refractivity contribution in [2.24, 2.45) is 5.92 Å². The highest BCUT2D eigenvalue weighted by Gasteiger charge is 2.22. The summed E-state index contributed by atoms with van der Waals surface area (Å²) in [6.45, 7) is 10.0. The van der Waals surface area contributed by atoms with Crippen LogP contribution in [0.1, 0.15) is 55.8 Å². The first-order chi connectivity index (χ1) is 8.10. The lowest BCUT2D eigenvalue weighted by atomic mass is 9.94. The first kappa shape index (κ1) is 15.2. The van der Waals surface area contributed by atoms with Crippen LogP contribution in [0, 0.1) is 12.8 Å². The van der Waals surface area contributed by atoms with E-state index in [1.54, 1.807) is 0 Å². The quantitative estimate of drug-likeness (QED) is 0.720. The van der Waals surface area contributed by atoms with Crippen molar-refractivity contribution >= 4 is 27.3 Å². The number of halogens is 1. The number of unbranched alkanes of at least 4 members (excludes halogenated alkanes) is 1. The molecule has 0 saturated carbocycles. The fraction of sp³-hybridized carbons (Fsp3) is 0.714. The van der Waals surface area contributed by atoms with Gasteiger partial charge >= 0.3 is 0 Å². The van der Waals surface area contributed by atoms with Gasteiger partial charge in [-0.2, -0.15) is 0 Å². The molecule has 0 spiro atoms. The van der Waals surface area contributed by atoms with Gasteiger partial charge in [-0.3, -0.25) is 0 Å². The van der Waals surface area contributed by atoms with Crippen LogP contribution in [0.25, 0.3) is 0 Å². The van der Waals surface area contributed by atoms with E-state index in [-0.39, 0.29) is 0 Å². The third-order valence-electron chi connectivity index (χ3n) is 3.12. The average molecular weight is 318 g/mol. The van der Waals surface area contributed by atoms with E-state index >= 15 is 0 Å². The molecule has 1 aromatic rings. The molecule has 98 valence electrons. The molecule has 0 aliphatic carbocycles. The summed E-state index contributed by atoms with van der Waals surface area (Å²) in [5, 5.41) is 3.64. The molecule has 0 aliphatic heterocycles. The van der Waals surface area contributed by atoms with Crippen LogP contribution in [0.2, 0.25) is 0 Å². The van der Waals surface area contributed by atoms with Gasteiger partial charge in [-0.1, -0.05) is 33.6 Å². The van der Waals surface area contributed by atoms with Crippen LogP contribution in [0.3, 0.4) is 0 Å². The fourth-order valence-electron chi connectivity index (χ4n) is 2.18. The van der Waals surface area contributed by atoms with Gasteiger partial charge in [0, 0.05) is 20.3 Å². The van der Waals surface area contributed by atoms with Crippen LogP contribution in [0.5, 0.6) is 0 Å². The normalized spacial score (nSPS) is 14.9.